The Kier molecular flexibility index (Phi) is 3.83. The van der Waals surface area contributed by atoms with E-state index in [1.807, 2.05) is 24.3 Å². The molecule has 0 spiro atoms. The summed E-state index contributed by atoms with van der Waals surface area (Å²) in [7, 11) is 0. The molecule has 4 N–H and O–H groups in total. The third kappa shape index (κ3) is 3.61. The predicted molar refractivity (Wildman–Crippen MR) is 80.0 cm³/mol. The number of carbonyl (C=O) groups excluding carboxylic acids is 1. The van der Waals surface area contributed by atoms with Gasteiger partial charge >= 0.3 is 6.03 Å². The molecule has 0 bridgehead atoms. The summed E-state index contributed by atoms with van der Waals surface area (Å²) in [5, 5.41) is 5.45. The smallest absolute Gasteiger partial charge is 0.323 e. The Morgan fingerprint density at radius 1 is 1.05 bits per heavy atom. The zero-order valence-electron chi connectivity index (χ0n) is 10.4. The second-order valence-electron chi connectivity index (χ2n) is 4.03. The molecule has 0 heterocycles. The van der Waals surface area contributed by atoms with Gasteiger partial charge in [0.15, 0.2) is 0 Å². The van der Waals surface area contributed by atoms with Crippen LogP contribution < -0.4 is 16.4 Å². The minimum atomic E-state index is -0.308. The van der Waals surface area contributed by atoms with Crippen LogP contribution in [0.5, 0.6) is 0 Å². The van der Waals surface area contributed by atoms with Gasteiger partial charge in [-0.3, -0.25) is 0 Å². The number of anilines is 3. The van der Waals surface area contributed by atoms with Gasteiger partial charge in [-0.2, -0.15) is 0 Å². The van der Waals surface area contributed by atoms with Crippen molar-refractivity contribution in [2.24, 2.45) is 0 Å². The van der Waals surface area contributed by atoms with E-state index in [4.69, 9.17) is 5.73 Å². The second kappa shape index (κ2) is 5.73. The fourth-order valence-electron chi connectivity index (χ4n) is 1.61. The third-order valence-electron chi connectivity index (χ3n) is 2.55. The molecular formula is C15H15N3O. The molecule has 0 fully saturated rings. The molecule has 4 nitrogen and oxygen atoms in total. The van der Waals surface area contributed by atoms with Gasteiger partial charge < -0.3 is 16.4 Å². The van der Waals surface area contributed by atoms with E-state index in [0.717, 1.165) is 5.56 Å². The Bertz CT molecular complexity index is 591. The molecule has 0 aromatic heterocycles. The maximum Gasteiger partial charge on any atom is 0.323 e. The summed E-state index contributed by atoms with van der Waals surface area (Å²) in [6, 6.07) is 14.1. The monoisotopic (exact) mass is 253 g/mol. The SMILES string of the molecule is C=Cc1ccc(NC(=O)Nc2cccc(N)c2)cc1. The van der Waals surface area contributed by atoms with E-state index in [0.29, 0.717) is 17.1 Å². The molecule has 2 aromatic rings. The number of hydrogen-bond donors (Lipinski definition) is 3. The molecule has 4 heteroatoms. The normalized spacial score (nSPS) is 9.68. The Morgan fingerprint density at radius 2 is 1.74 bits per heavy atom. The summed E-state index contributed by atoms with van der Waals surface area (Å²) in [4.78, 5) is 11.8. The summed E-state index contributed by atoms with van der Waals surface area (Å²) >= 11 is 0. The highest BCUT2D eigenvalue weighted by Gasteiger charge is 2.02. The van der Waals surface area contributed by atoms with Crippen LogP contribution in [0.2, 0.25) is 0 Å². The Hall–Kier alpha value is -2.75. The number of nitrogens with two attached hydrogens (primary N) is 1. The summed E-state index contributed by atoms with van der Waals surface area (Å²) in [5.41, 5.74) is 8.61. The Morgan fingerprint density at radius 3 is 2.37 bits per heavy atom. The quantitative estimate of drug-likeness (QED) is 0.732. The molecule has 0 atom stereocenters. The van der Waals surface area contributed by atoms with E-state index in [-0.39, 0.29) is 6.03 Å². The highest BCUT2D eigenvalue weighted by atomic mass is 16.2. The van der Waals surface area contributed by atoms with Gasteiger partial charge in [-0.1, -0.05) is 30.9 Å². The highest BCUT2D eigenvalue weighted by Crippen LogP contribution is 2.13. The second-order valence-corrected chi connectivity index (χ2v) is 4.03. The predicted octanol–water partition coefficient (Wildman–Crippen LogP) is 3.56. The van der Waals surface area contributed by atoms with Crippen LogP contribution >= 0.6 is 0 Å². The highest BCUT2D eigenvalue weighted by molar-refractivity contribution is 6.00. The van der Waals surface area contributed by atoms with Crippen LogP contribution in [0.25, 0.3) is 6.08 Å². The summed E-state index contributed by atoms with van der Waals surface area (Å²) in [6.45, 7) is 3.67. The lowest BCUT2D eigenvalue weighted by atomic mass is 10.2. The Labute approximate surface area is 111 Å². The molecule has 0 unspecified atom stereocenters. The molecule has 0 aliphatic rings. The van der Waals surface area contributed by atoms with Gasteiger partial charge in [-0.25, -0.2) is 4.79 Å². The van der Waals surface area contributed by atoms with E-state index in [1.165, 1.54) is 0 Å². The summed E-state index contributed by atoms with van der Waals surface area (Å²) in [6.07, 6.45) is 1.75. The van der Waals surface area contributed by atoms with Crippen molar-refractivity contribution < 1.29 is 4.79 Å². The first-order valence-corrected chi connectivity index (χ1v) is 5.83. The first kappa shape index (κ1) is 12.7. The van der Waals surface area contributed by atoms with Gasteiger partial charge in [0.25, 0.3) is 0 Å². The number of benzene rings is 2. The topological polar surface area (TPSA) is 67.2 Å². The van der Waals surface area contributed by atoms with Crippen LogP contribution in [0.1, 0.15) is 5.56 Å². The average Bonchev–Trinajstić information content (AvgIpc) is 2.39. The molecule has 19 heavy (non-hydrogen) atoms. The molecule has 2 amide bonds. The maximum atomic E-state index is 11.8. The van der Waals surface area contributed by atoms with Gasteiger partial charge in [-0.05, 0) is 35.9 Å². The lowest BCUT2D eigenvalue weighted by Gasteiger charge is -2.08. The fraction of sp³-hybridized carbons (Fsp3) is 0. The lowest BCUT2D eigenvalue weighted by molar-refractivity contribution is 0.262. The van der Waals surface area contributed by atoms with Gasteiger partial charge in [0.05, 0.1) is 0 Å². The van der Waals surface area contributed by atoms with Crippen molar-refractivity contribution in [2.45, 2.75) is 0 Å². The maximum absolute atomic E-state index is 11.8. The molecule has 0 radical (unpaired) electrons. The zero-order valence-corrected chi connectivity index (χ0v) is 10.4. The van der Waals surface area contributed by atoms with Crippen LogP contribution in [0.3, 0.4) is 0 Å². The van der Waals surface area contributed by atoms with Gasteiger partial charge in [0.1, 0.15) is 0 Å². The standard InChI is InChI=1S/C15H15N3O/c1-2-11-6-8-13(9-7-11)17-15(19)18-14-5-3-4-12(16)10-14/h2-10H,1,16H2,(H2,17,18,19). The van der Waals surface area contributed by atoms with Crippen molar-refractivity contribution in [3.8, 4) is 0 Å². The first-order valence-electron chi connectivity index (χ1n) is 5.83. The minimum Gasteiger partial charge on any atom is -0.399 e. The van der Waals surface area contributed by atoms with Crippen molar-refractivity contribution in [3.05, 3.63) is 60.7 Å². The Balaban J connectivity index is 1.98. The summed E-state index contributed by atoms with van der Waals surface area (Å²) < 4.78 is 0. The largest absolute Gasteiger partial charge is 0.399 e. The molecule has 2 rings (SSSR count). The number of amides is 2. The van der Waals surface area contributed by atoms with Crippen LogP contribution in [-0.2, 0) is 0 Å². The molecule has 0 aliphatic heterocycles. The third-order valence-corrected chi connectivity index (χ3v) is 2.55. The van der Waals surface area contributed by atoms with Crippen LogP contribution in [0.4, 0.5) is 21.9 Å². The molecule has 2 aromatic carbocycles. The van der Waals surface area contributed by atoms with E-state index >= 15 is 0 Å². The molecule has 96 valence electrons. The van der Waals surface area contributed by atoms with Crippen LogP contribution in [0, 0.1) is 0 Å². The van der Waals surface area contributed by atoms with E-state index in [2.05, 4.69) is 17.2 Å². The molecular weight excluding hydrogens is 238 g/mol. The van der Waals surface area contributed by atoms with Crippen LogP contribution in [-0.4, -0.2) is 6.03 Å². The van der Waals surface area contributed by atoms with E-state index in [9.17, 15) is 4.79 Å². The van der Waals surface area contributed by atoms with Crippen molar-refractivity contribution in [1.29, 1.82) is 0 Å². The number of nitrogen functional groups attached to an aromatic ring is 1. The minimum absolute atomic E-state index is 0.308. The van der Waals surface area contributed by atoms with Crippen molar-refractivity contribution >= 4 is 29.2 Å². The molecule has 0 saturated carbocycles. The average molecular weight is 253 g/mol. The summed E-state index contributed by atoms with van der Waals surface area (Å²) in [5.74, 6) is 0. The van der Waals surface area contributed by atoms with Gasteiger partial charge in [-0.15, -0.1) is 0 Å². The van der Waals surface area contributed by atoms with E-state index in [1.54, 1.807) is 30.3 Å². The van der Waals surface area contributed by atoms with Gasteiger partial charge in [0.2, 0.25) is 0 Å². The fourth-order valence-corrected chi connectivity index (χ4v) is 1.61. The van der Waals surface area contributed by atoms with Crippen molar-refractivity contribution in [1.82, 2.24) is 0 Å². The number of nitrogens with one attached hydrogen (secondary N) is 2. The van der Waals surface area contributed by atoms with E-state index < -0.39 is 0 Å². The number of hydrogen-bond acceptors (Lipinski definition) is 2. The van der Waals surface area contributed by atoms with Crippen molar-refractivity contribution in [2.75, 3.05) is 16.4 Å². The zero-order chi connectivity index (χ0) is 13.7. The van der Waals surface area contributed by atoms with Crippen molar-refractivity contribution in [3.63, 3.8) is 0 Å². The number of carbonyl (C=O) groups is 1. The molecule has 0 saturated heterocycles. The van der Waals surface area contributed by atoms with Gasteiger partial charge in [0, 0.05) is 17.1 Å². The molecule has 0 aliphatic carbocycles. The lowest BCUT2D eigenvalue weighted by Crippen LogP contribution is -2.19. The van der Waals surface area contributed by atoms with Crippen LogP contribution in [0.15, 0.2) is 55.1 Å². The first-order chi connectivity index (χ1) is 9.17. The number of rotatable bonds is 3. The number of urea groups is 1.